The Labute approximate surface area is 268 Å². The van der Waals surface area contributed by atoms with Crippen LogP contribution in [0.1, 0.15) is 54.5 Å². The molecule has 1 fully saturated rings. The predicted octanol–water partition coefficient (Wildman–Crippen LogP) is 7.41. The summed E-state index contributed by atoms with van der Waals surface area (Å²) in [5.74, 6) is -3.46. The average Bonchev–Trinajstić information content (AvgIpc) is 2.99. The maximum atomic E-state index is 14.9. The number of rotatable bonds is 7. The van der Waals surface area contributed by atoms with Crippen LogP contribution < -0.4 is 10.6 Å². The Morgan fingerprint density at radius 2 is 1.72 bits per heavy atom. The number of pyridine rings is 2. The Hall–Kier alpha value is -4.70. The van der Waals surface area contributed by atoms with Gasteiger partial charge >= 0.3 is 6.09 Å². The van der Waals surface area contributed by atoms with Crippen molar-refractivity contribution in [1.82, 2.24) is 20.2 Å². The van der Waals surface area contributed by atoms with Gasteiger partial charge in [0.25, 0.3) is 11.8 Å². The molecule has 2 aromatic heterocycles. The maximum Gasteiger partial charge on any atom is 0.408 e. The SMILES string of the molecule is Cc1ccc(-c2cc(CN3CCC(F)(F)[C@H](NC(=O)OC(C)(C)C)C3)cc(NC(=O)c3cc(-c4ccccc4)c(C)cn3)c2)cn1. The summed E-state index contributed by atoms with van der Waals surface area (Å²) in [7, 11) is 0. The van der Waals surface area contributed by atoms with Gasteiger partial charge in [0.05, 0.1) is 0 Å². The highest BCUT2D eigenvalue weighted by Crippen LogP contribution is 2.31. The number of anilines is 1. The Kier molecular flexibility index (Phi) is 9.48. The lowest BCUT2D eigenvalue weighted by Crippen LogP contribution is -2.58. The molecule has 0 radical (unpaired) electrons. The molecule has 0 bridgehead atoms. The molecule has 4 aromatic rings. The minimum Gasteiger partial charge on any atom is -0.444 e. The first-order valence-corrected chi connectivity index (χ1v) is 15.3. The van der Waals surface area contributed by atoms with E-state index in [0.29, 0.717) is 12.2 Å². The maximum absolute atomic E-state index is 14.9. The van der Waals surface area contributed by atoms with Gasteiger partial charge in [-0.25, -0.2) is 13.6 Å². The van der Waals surface area contributed by atoms with Gasteiger partial charge in [0.2, 0.25) is 0 Å². The second kappa shape index (κ2) is 13.3. The molecule has 0 aliphatic carbocycles. The number of likely N-dealkylation sites (tertiary alicyclic amines) is 1. The van der Waals surface area contributed by atoms with Crippen molar-refractivity contribution in [3.8, 4) is 22.3 Å². The van der Waals surface area contributed by atoms with Crippen LogP contribution in [0, 0.1) is 13.8 Å². The van der Waals surface area contributed by atoms with E-state index in [4.69, 9.17) is 4.74 Å². The van der Waals surface area contributed by atoms with Gasteiger partial charge < -0.3 is 15.4 Å². The predicted molar refractivity (Wildman–Crippen MR) is 175 cm³/mol. The molecule has 2 aromatic carbocycles. The molecule has 240 valence electrons. The standard InChI is InChI=1S/C36H39F2N5O3/c1-23-19-40-31(18-30(23)26-9-7-6-8-10-26)33(44)41-29-16-25(15-28(17-29)27-12-11-24(2)39-20-27)21-43-14-13-36(37,38)32(22-43)42-34(45)46-35(3,4)5/h6-12,15-20,32H,13-14,21-22H2,1-5H3,(H,41,44)(H,42,45)/t32-/m1/s1. The van der Waals surface area contributed by atoms with E-state index < -0.39 is 30.1 Å². The molecule has 2 amide bonds. The number of alkyl carbamates (subject to hydrolysis) is 1. The highest BCUT2D eigenvalue weighted by atomic mass is 19.3. The number of aromatic nitrogens is 2. The lowest BCUT2D eigenvalue weighted by Gasteiger charge is -2.38. The van der Waals surface area contributed by atoms with Gasteiger partial charge in [-0.3, -0.25) is 19.7 Å². The number of carbonyl (C=O) groups excluding carboxylic acids is 2. The van der Waals surface area contributed by atoms with E-state index in [9.17, 15) is 18.4 Å². The number of amides is 2. The van der Waals surface area contributed by atoms with Gasteiger partial charge in [-0.15, -0.1) is 0 Å². The molecule has 46 heavy (non-hydrogen) atoms. The van der Waals surface area contributed by atoms with Crippen molar-refractivity contribution in [3.63, 3.8) is 0 Å². The minimum absolute atomic E-state index is 0.0696. The molecule has 0 unspecified atom stereocenters. The number of nitrogens with zero attached hydrogens (tertiary/aromatic N) is 3. The van der Waals surface area contributed by atoms with Gasteiger partial charge in [-0.1, -0.05) is 36.4 Å². The second-order valence-electron chi connectivity index (χ2n) is 12.8. The molecular formula is C36H39F2N5O3. The van der Waals surface area contributed by atoms with Crippen LogP contribution in [0.25, 0.3) is 22.3 Å². The van der Waals surface area contributed by atoms with Crippen LogP contribution in [0.2, 0.25) is 0 Å². The lowest BCUT2D eigenvalue weighted by atomic mass is 9.99. The summed E-state index contributed by atoms with van der Waals surface area (Å²) in [5.41, 5.74) is 6.17. The normalized spacial score (nSPS) is 16.5. The van der Waals surface area contributed by atoms with E-state index in [-0.39, 0.29) is 24.7 Å². The number of hydrogen-bond acceptors (Lipinski definition) is 6. The molecule has 5 rings (SSSR count). The van der Waals surface area contributed by atoms with E-state index in [1.165, 1.54) is 0 Å². The summed E-state index contributed by atoms with van der Waals surface area (Å²) in [5, 5.41) is 5.37. The zero-order valence-corrected chi connectivity index (χ0v) is 26.7. The van der Waals surface area contributed by atoms with Crippen molar-refractivity contribution in [2.45, 2.75) is 65.1 Å². The largest absolute Gasteiger partial charge is 0.444 e. The van der Waals surface area contributed by atoms with Crippen molar-refractivity contribution < 1.29 is 23.1 Å². The fourth-order valence-electron chi connectivity index (χ4n) is 5.40. The van der Waals surface area contributed by atoms with E-state index in [1.807, 2.05) is 79.4 Å². The topological polar surface area (TPSA) is 96.5 Å². The van der Waals surface area contributed by atoms with Gasteiger partial charge in [0.1, 0.15) is 17.3 Å². The van der Waals surface area contributed by atoms with Crippen molar-refractivity contribution >= 4 is 17.7 Å². The summed E-state index contributed by atoms with van der Waals surface area (Å²) in [6.45, 7) is 9.28. The Morgan fingerprint density at radius 1 is 0.957 bits per heavy atom. The van der Waals surface area contributed by atoms with Gasteiger partial charge in [0.15, 0.2) is 0 Å². The summed E-state index contributed by atoms with van der Waals surface area (Å²) in [4.78, 5) is 36.5. The highest BCUT2D eigenvalue weighted by molar-refractivity contribution is 6.04. The molecule has 8 nitrogen and oxygen atoms in total. The van der Waals surface area contributed by atoms with Gasteiger partial charge in [0, 0.05) is 55.4 Å². The Bertz CT molecular complexity index is 1710. The number of benzene rings is 2. The van der Waals surface area contributed by atoms with Crippen LogP contribution in [0.4, 0.5) is 19.3 Å². The molecule has 1 aliphatic rings. The number of hydrogen-bond donors (Lipinski definition) is 2. The van der Waals surface area contributed by atoms with Gasteiger partial charge in [-0.05, 0) is 92.8 Å². The molecular weight excluding hydrogens is 588 g/mol. The molecule has 0 saturated carbocycles. The van der Waals surface area contributed by atoms with E-state index in [2.05, 4.69) is 20.6 Å². The zero-order chi connectivity index (χ0) is 33.1. The monoisotopic (exact) mass is 627 g/mol. The summed E-state index contributed by atoms with van der Waals surface area (Å²) in [6.07, 6.45) is 2.15. The first kappa shape index (κ1) is 32.7. The molecule has 1 saturated heterocycles. The van der Waals surface area contributed by atoms with Crippen molar-refractivity contribution in [3.05, 3.63) is 102 Å². The van der Waals surface area contributed by atoms with Crippen LogP contribution in [0.5, 0.6) is 0 Å². The van der Waals surface area contributed by atoms with Crippen LogP contribution in [-0.2, 0) is 11.3 Å². The summed E-state index contributed by atoms with van der Waals surface area (Å²) < 4.78 is 35.0. The average molecular weight is 628 g/mol. The van der Waals surface area contributed by atoms with Crippen LogP contribution in [0.3, 0.4) is 0 Å². The molecule has 0 spiro atoms. The van der Waals surface area contributed by atoms with Crippen molar-refractivity contribution in [2.24, 2.45) is 0 Å². The first-order valence-electron chi connectivity index (χ1n) is 15.3. The third kappa shape index (κ3) is 8.31. The van der Waals surface area contributed by atoms with E-state index >= 15 is 0 Å². The van der Waals surface area contributed by atoms with Crippen LogP contribution >= 0.6 is 0 Å². The number of aryl methyl sites for hydroxylation is 2. The van der Waals surface area contributed by atoms with Crippen molar-refractivity contribution in [2.75, 3.05) is 18.4 Å². The smallest absolute Gasteiger partial charge is 0.408 e. The third-order valence-corrected chi connectivity index (χ3v) is 7.73. The second-order valence-corrected chi connectivity index (χ2v) is 12.8. The number of ether oxygens (including phenoxy) is 1. The zero-order valence-electron chi connectivity index (χ0n) is 26.7. The highest BCUT2D eigenvalue weighted by Gasteiger charge is 2.45. The summed E-state index contributed by atoms with van der Waals surface area (Å²) in [6, 6.07) is 19.7. The number of piperidine rings is 1. The number of carbonyl (C=O) groups is 2. The van der Waals surface area contributed by atoms with Crippen molar-refractivity contribution in [1.29, 1.82) is 0 Å². The summed E-state index contributed by atoms with van der Waals surface area (Å²) >= 11 is 0. The fourth-order valence-corrected chi connectivity index (χ4v) is 5.40. The molecule has 1 atom stereocenters. The lowest BCUT2D eigenvalue weighted by molar-refractivity contribution is -0.0859. The number of halogens is 2. The first-order chi connectivity index (χ1) is 21.8. The molecule has 10 heteroatoms. The van der Waals surface area contributed by atoms with E-state index in [1.54, 1.807) is 39.2 Å². The number of nitrogens with one attached hydrogen (secondary N) is 2. The fraction of sp³-hybridized carbons (Fsp3) is 0.333. The Balaban J connectivity index is 1.40. The Morgan fingerprint density at radius 3 is 2.41 bits per heavy atom. The van der Waals surface area contributed by atoms with Crippen LogP contribution in [0.15, 0.2) is 79.1 Å². The number of alkyl halides is 2. The van der Waals surface area contributed by atoms with Gasteiger partial charge in [-0.2, -0.15) is 0 Å². The van der Waals surface area contributed by atoms with E-state index in [0.717, 1.165) is 39.1 Å². The third-order valence-electron chi connectivity index (χ3n) is 7.73. The molecule has 3 heterocycles. The molecule has 2 N–H and O–H groups in total. The van der Waals surface area contributed by atoms with Crippen LogP contribution in [-0.4, -0.2) is 57.5 Å². The molecule has 1 aliphatic heterocycles. The minimum atomic E-state index is -3.08. The quantitative estimate of drug-likeness (QED) is 0.222.